The average Bonchev–Trinajstić information content (AvgIpc) is 2.94. The third-order valence-electron chi connectivity index (χ3n) is 6.42. The lowest BCUT2D eigenvalue weighted by Crippen LogP contribution is -2.50. The number of nitrogens with zero attached hydrogens (tertiary/aromatic N) is 2. The number of hydrogen-bond donors (Lipinski definition) is 1. The van der Waals surface area contributed by atoms with Crippen molar-refractivity contribution in [2.45, 2.75) is 45.2 Å². The number of nitrogens with one attached hydrogen (secondary N) is 1. The molecule has 2 amide bonds. The highest BCUT2D eigenvalue weighted by Gasteiger charge is 2.30. The van der Waals surface area contributed by atoms with Crippen molar-refractivity contribution < 1.29 is 18.0 Å². The van der Waals surface area contributed by atoms with Crippen molar-refractivity contribution in [3.63, 3.8) is 0 Å². The lowest BCUT2D eigenvalue weighted by molar-refractivity contribution is -0.141. The van der Waals surface area contributed by atoms with Crippen molar-refractivity contribution in [1.29, 1.82) is 0 Å². The summed E-state index contributed by atoms with van der Waals surface area (Å²) in [6.07, 6.45) is 2.41. The zero-order chi connectivity index (χ0) is 30.0. The maximum absolute atomic E-state index is 13.8. The van der Waals surface area contributed by atoms with Crippen LogP contribution >= 0.6 is 39.1 Å². The largest absolute Gasteiger partial charge is 0.354 e. The second-order valence-corrected chi connectivity index (χ2v) is 13.3. The maximum Gasteiger partial charge on any atom is 0.243 e. The monoisotopic (exact) mass is 681 g/mol. The summed E-state index contributed by atoms with van der Waals surface area (Å²) in [5.74, 6) is -0.490. The highest BCUT2D eigenvalue weighted by molar-refractivity contribution is 9.10. The molecule has 0 saturated carbocycles. The zero-order valence-electron chi connectivity index (χ0n) is 23.0. The van der Waals surface area contributed by atoms with Crippen LogP contribution in [0.3, 0.4) is 0 Å². The molecule has 0 aliphatic heterocycles. The summed E-state index contributed by atoms with van der Waals surface area (Å²) in [6.45, 7) is 2.70. The molecule has 3 rings (SSSR count). The minimum atomic E-state index is -3.71. The van der Waals surface area contributed by atoms with Crippen LogP contribution < -0.4 is 9.62 Å². The summed E-state index contributed by atoms with van der Waals surface area (Å²) < 4.78 is 27.4. The Hall–Kier alpha value is -2.59. The van der Waals surface area contributed by atoms with Crippen molar-refractivity contribution in [3.8, 4) is 0 Å². The van der Waals surface area contributed by atoms with Crippen LogP contribution in [0.1, 0.15) is 37.3 Å². The predicted molar refractivity (Wildman–Crippen MR) is 170 cm³/mol. The smallest absolute Gasteiger partial charge is 0.243 e. The molecule has 0 heterocycles. The summed E-state index contributed by atoms with van der Waals surface area (Å²) in [4.78, 5) is 28.9. The van der Waals surface area contributed by atoms with E-state index in [1.54, 1.807) is 11.0 Å². The first-order valence-corrected chi connectivity index (χ1v) is 16.7. The molecule has 220 valence electrons. The van der Waals surface area contributed by atoms with Gasteiger partial charge in [-0.2, -0.15) is 0 Å². The van der Waals surface area contributed by atoms with Crippen molar-refractivity contribution in [3.05, 3.63) is 98.4 Å². The number of carbonyl (C=O) groups is 2. The number of anilines is 1. The summed E-state index contributed by atoms with van der Waals surface area (Å²) >= 11 is 15.8. The number of sulfonamides is 1. The Bertz CT molecular complexity index is 1420. The Morgan fingerprint density at radius 1 is 0.976 bits per heavy atom. The van der Waals surface area contributed by atoms with Gasteiger partial charge in [-0.25, -0.2) is 8.42 Å². The van der Waals surface area contributed by atoms with E-state index in [0.29, 0.717) is 18.0 Å². The number of amides is 2. The fourth-order valence-corrected chi connectivity index (χ4v) is 6.04. The van der Waals surface area contributed by atoms with Gasteiger partial charge in [0.15, 0.2) is 0 Å². The first-order valence-electron chi connectivity index (χ1n) is 13.3. The molecule has 0 radical (unpaired) electrons. The molecule has 1 N–H and O–H groups in total. The molecular weight excluding hydrogens is 649 g/mol. The average molecular weight is 683 g/mol. The SMILES string of the molecule is CCCNC(=O)[C@H](Cc1ccccc1)N(Cc1ccc(Br)cc1)C(=O)CCCN(c1cc(Cl)ccc1Cl)S(C)(=O)=O. The summed E-state index contributed by atoms with van der Waals surface area (Å²) in [6, 6.07) is 21.0. The van der Waals surface area contributed by atoms with Crippen molar-refractivity contribution >= 4 is 66.7 Å². The lowest BCUT2D eigenvalue weighted by Gasteiger charge is -2.32. The Kier molecular flexibility index (Phi) is 12.5. The standard InChI is InChI=1S/C30H34BrCl2N3O4S/c1-3-17-34-30(38)28(19-22-8-5-4-6-9-22)35(21-23-11-13-24(31)14-12-23)29(37)10-7-18-36(41(2,39)40)27-20-25(32)15-16-26(27)33/h4-6,8-9,11-16,20,28H,3,7,10,17-19,21H2,1-2H3,(H,34,38)/t28-/m0/s1. The van der Waals surface area contributed by atoms with Crippen LogP contribution in [0.5, 0.6) is 0 Å². The van der Waals surface area contributed by atoms with E-state index in [4.69, 9.17) is 23.2 Å². The molecule has 0 saturated heterocycles. The fraction of sp³-hybridized carbons (Fsp3) is 0.333. The molecule has 11 heteroatoms. The number of hydrogen-bond acceptors (Lipinski definition) is 4. The van der Waals surface area contributed by atoms with Gasteiger partial charge in [0.2, 0.25) is 21.8 Å². The minimum absolute atomic E-state index is 0.0160. The second-order valence-electron chi connectivity index (χ2n) is 9.68. The van der Waals surface area contributed by atoms with Gasteiger partial charge in [-0.05, 0) is 54.3 Å². The molecule has 3 aromatic rings. The highest BCUT2D eigenvalue weighted by Crippen LogP contribution is 2.31. The highest BCUT2D eigenvalue weighted by atomic mass is 79.9. The molecule has 0 aromatic heterocycles. The van der Waals surface area contributed by atoms with Gasteiger partial charge >= 0.3 is 0 Å². The van der Waals surface area contributed by atoms with Gasteiger partial charge in [-0.1, -0.05) is 88.5 Å². The van der Waals surface area contributed by atoms with E-state index in [9.17, 15) is 18.0 Å². The van der Waals surface area contributed by atoms with Crippen LogP contribution in [-0.2, 0) is 32.6 Å². The third-order valence-corrected chi connectivity index (χ3v) is 8.68. The molecular formula is C30H34BrCl2N3O4S. The topological polar surface area (TPSA) is 86.8 Å². The minimum Gasteiger partial charge on any atom is -0.354 e. The molecule has 0 spiro atoms. The maximum atomic E-state index is 13.8. The van der Waals surface area contributed by atoms with Crippen LogP contribution in [0.15, 0.2) is 77.3 Å². The molecule has 0 fully saturated rings. The van der Waals surface area contributed by atoms with Gasteiger partial charge in [-0.3, -0.25) is 13.9 Å². The van der Waals surface area contributed by atoms with Gasteiger partial charge < -0.3 is 10.2 Å². The Morgan fingerprint density at radius 2 is 1.66 bits per heavy atom. The van der Waals surface area contributed by atoms with Crippen LogP contribution in [0.4, 0.5) is 5.69 Å². The second kappa shape index (κ2) is 15.6. The molecule has 0 aliphatic rings. The van der Waals surface area contributed by atoms with Gasteiger partial charge in [0.25, 0.3) is 0 Å². The van der Waals surface area contributed by atoms with Crippen LogP contribution in [0.2, 0.25) is 10.0 Å². The van der Waals surface area contributed by atoms with E-state index < -0.39 is 16.1 Å². The van der Waals surface area contributed by atoms with Crippen molar-refractivity contribution in [2.75, 3.05) is 23.7 Å². The number of rotatable bonds is 14. The molecule has 0 bridgehead atoms. The molecule has 0 aliphatic carbocycles. The third kappa shape index (κ3) is 10.0. The van der Waals surface area contributed by atoms with E-state index in [-0.39, 0.29) is 48.5 Å². The predicted octanol–water partition coefficient (Wildman–Crippen LogP) is 6.47. The van der Waals surface area contributed by atoms with Crippen LogP contribution in [0.25, 0.3) is 0 Å². The van der Waals surface area contributed by atoms with E-state index in [1.807, 2.05) is 61.5 Å². The van der Waals surface area contributed by atoms with Gasteiger partial charge in [0, 0.05) is 42.0 Å². The van der Waals surface area contributed by atoms with E-state index in [1.165, 1.54) is 12.1 Å². The van der Waals surface area contributed by atoms with Gasteiger partial charge in [-0.15, -0.1) is 0 Å². The van der Waals surface area contributed by atoms with E-state index in [0.717, 1.165) is 32.6 Å². The van der Waals surface area contributed by atoms with Crippen LogP contribution in [-0.4, -0.2) is 50.5 Å². The van der Waals surface area contributed by atoms with Crippen molar-refractivity contribution in [1.82, 2.24) is 10.2 Å². The number of benzene rings is 3. The summed E-state index contributed by atoms with van der Waals surface area (Å²) in [5.41, 5.74) is 2.05. The number of halogens is 3. The van der Waals surface area contributed by atoms with Crippen molar-refractivity contribution in [2.24, 2.45) is 0 Å². The molecule has 41 heavy (non-hydrogen) atoms. The van der Waals surface area contributed by atoms with E-state index in [2.05, 4.69) is 21.2 Å². The van der Waals surface area contributed by atoms with Crippen LogP contribution in [0, 0.1) is 0 Å². The molecule has 0 unspecified atom stereocenters. The first kappa shape index (κ1) is 32.9. The number of carbonyl (C=O) groups excluding carboxylic acids is 2. The summed E-state index contributed by atoms with van der Waals surface area (Å²) in [7, 11) is -3.71. The Balaban J connectivity index is 1.88. The molecule has 7 nitrogen and oxygen atoms in total. The fourth-order valence-electron chi connectivity index (χ4n) is 4.37. The molecule has 3 aromatic carbocycles. The van der Waals surface area contributed by atoms with Gasteiger partial charge in [0.05, 0.1) is 17.0 Å². The Labute approximate surface area is 261 Å². The quantitative estimate of drug-likeness (QED) is 0.211. The zero-order valence-corrected chi connectivity index (χ0v) is 26.9. The normalized spacial score (nSPS) is 12.0. The van der Waals surface area contributed by atoms with E-state index >= 15 is 0 Å². The summed E-state index contributed by atoms with van der Waals surface area (Å²) in [5, 5.41) is 3.53. The lowest BCUT2D eigenvalue weighted by atomic mass is 10.0. The molecule has 1 atom stereocenters. The Morgan fingerprint density at radius 3 is 2.29 bits per heavy atom. The van der Waals surface area contributed by atoms with Gasteiger partial charge in [0.1, 0.15) is 6.04 Å². The first-order chi connectivity index (χ1) is 19.5.